The maximum Gasteiger partial charge on any atom is 0.316 e. The van der Waals surface area contributed by atoms with Crippen LogP contribution in [0.2, 0.25) is 0 Å². The van der Waals surface area contributed by atoms with Gasteiger partial charge >= 0.3 is 5.97 Å². The summed E-state index contributed by atoms with van der Waals surface area (Å²) in [7, 11) is 0. The molecule has 0 aliphatic carbocycles. The first-order valence-electron chi connectivity index (χ1n) is 7.24. The summed E-state index contributed by atoms with van der Waals surface area (Å²) in [6.07, 6.45) is 2.49. The molecule has 1 aromatic heterocycles. The van der Waals surface area contributed by atoms with E-state index in [0.717, 1.165) is 0 Å². The molecular weight excluding hydrogens is 278 g/mol. The summed E-state index contributed by atoms with van der Waals surface area (Å²) in [5.74, 6) is -0.936. The smallest absolute Gasteiger partial charge is 0.316 e. The van der Waals surface area contributed by atoms with Gasteiger partial charge in [0.2, 0.25) is 5.78 Å². The Morgan fingerprint density at radius 2 is 1.95 bits per heavy atom. The number of carboxylic acid groups (broad SMARTS) is 1. The molecule has 2 aromatic rings. The normalized spacial score (nSPS) is 19.6. The molecule has 4 heteroatoms. The van der Waals surface area contributed by atoms with Crippen molar-refractivity contribution in [2.24, 2.45) is 0 Å². The van der Waals surface area contributed by atoms with E-state index in [4.69, 9.17) is 0 Å². The van der Waals surface area contributed by atoms with Crippen LogP contribution in [0, 0.1) is 0 Å². The van der Waals surface area contributed by atoms with Crippen molar-refractivity contribution in [3.8, 4) is 0 Å². The van der Waals surface area contributed by atoms with Crippen molar-refractivity contribution in [3.05, 3.63) is 72.1 Å². The minimum absolute atomic E-state index is 0.0772. The first kappa shape index (κ1) is 14.3. The summed E-state index contributed by atoms with van der Waals surface area (Å²) in [5, 5.41) is 9.66. The highest BCUT2D eigenvalue weighted by Crippen LogP contribution is 2.40. The van der Waals surface area contributed by atoms with Crippen molar-refractivity contribution in [1.29, 1.82) is 0 Å². The maximum atomic E-state index is 12.6. The summed E-state index contributed by atoms with van der Waals surface area (Å²) in [4.78, 5) is 24.4. The molecule has 4 nitrogen and oxygen atoms in total. The van der Waals surface area contributed by atoms with Gasteiger partial charge in [-0.3, -0.25) is 9.59 Å². The Labute approximate surface area is 128 Å². The standard InChI is InChI=1S/C18H17NO3/c1-2-10-18(17(21)22)11-12-19-14(8-9-15(18)19)16(20)13-6-4-3-5-7-13/h2-9H,1,10-12H2,(H,21,22). The summed E-state index contributed by atoms with van der Waals surface area (Å²) in [6, 6.07) is 12.5. The molecule has 112 valence electrons. The molecule has 0 fully saturated rings. The molecule has 0 spiro atoms. The topological polar surface area (TPSA) is 59.3 Å². The van der Waals surface area contributed by atoms with E-state index >= 15 is 0 Å². The molecular formula is C18H17NO3. The monoisotopic (exact) mass is 295 g/mol. The third-order valence-electron chi connectivity index (χ3n) is 4.40. The van der Waals surface area contributed by atoms with E-state index in [1.165, 1.54) is 0 Å². The Bertz CT molecular complexity index is 745. The molecule has 1 atom stereocenters. The molecule has 2 heterocycles. The molecule has 0 amide bonds. The Hall–Kier alpha value is -2.62. The molecule has 0 saturated carbocycles. The number of allylic oxidation sites excluding steroid dienone is 1. The quantitative estimate of drug-likeness (QED) is 0.681. The number of ketones is 1. The first-order valence-corrected chi connectivity index (χ1v) is 7.24. The fraction of sp³-hybridized carbons (Fsp3) is 0.222. The lowest BCUT2D eigenvalue weighted by molar-refractivity contribution is -0.143. The van der Waals surface area contributed by atoms with E-state index in [2.05, 4.69) is 6.58 Å². The van der Waals surface area contributed by atoms with E-state index in [0.29, 0.717) is 36.3 Å². The van der Waals surface area contributed by atoms with Crippen molar-refractivity contribution in [2.75, 3.05) is 0 Å². The van der Waals surface area contributed by atoms with Crippen LogP contribution in [0.3, 0.4) is 0 Å². The molecule has 1 unspecified atom stereocenters. The zero-order valence-electron chi connectivity index (χ0n) is 12.2. The van der Waals surface area contributed by atoms with E-state index in [9.17, 15) is 14.7 Å². The zero-order chi connectivity index (χ0) is 15.7. The molecule has 0 saturated heterocycles. The third-order valence-corrected chi connectivity index (χ3v) is 4.40. The molecule has 1 aromatic carbocycles. The van der Waals surface area contributed by atoms with Gasteiger partial charge in [0.25, 0.3) is 0 Å². The average Bonchev–Trinajstić information content (AvgIpc) is 3.09. The molecule has 3 rings (SSSR count). The fourth-order valence-corrected chi connectivity index (χ4v) is 3.25. The van der Waals surface area contributed by atoms with Crippen molar-refractivity contribution < 1.29 is 14.7 Å². The Kier molecular flexibility index (Phi) is 3.45. The molecule has 22 heavy (non-hydrogen) atoms. The number of carbonyl (C=O) groups excluding carboxylic acids is 1. The number of fused-ring (bicyclic) bond motifs is 1. The van der Waals surface area contributed by atoms with Crippen LogP contribution in [0.1, 0.15) is 34.6 Å². The van der Waals surface area contributed by atoms with Gasteiger partial charge in [-0.25, -0.2) is 0 Å². The summed E-state index contributed by atoms with van der Waals surface area (Å²) in [6.45, 7) is 4.21. The van der Waals surface area contributed by atoms with Crippen LogP contribution in [-0.4, -0.2) is 21.4 Å². The maximum absolute atomic E-state index is 12.6. The number of hydrogen-bond donors (Lipinski definition) is 1. The predicted octanol–water partition coefficient (Wildman–Crippen LogP) is 3.02. The molecule has 1 aliphatic heterocycles. The van der Waals surface area contributed by atoms with E-state index < -0.39 is 11.4 Å². The molecule has 0 bridgehead atoms. The van der Waals surface area contributed by atoms with E-state index in [1.807, 2.05) is 22.8 Å². The highest BCUT2D eigenvalue weighted by atomic mass is 16.4. The van der Waals surface area contributed by atoms with Gasteiger partial charge in [0.05, 0.1) is 5.69 Å². The lowest BCUT2D eigenvalue weighted by Gasteiger charge is -2.21. The minimum atomic E-state index is -0.961. The predicted molar refractivity (Wildman–Crippen MR) is 83.1 cm³/mol. The van der Waals surface area contributed by atoms with Crippen LogP contribution in [0.25, 0.3) is 0 Å². The van der Waals surface area contributed by atoms with Crippen molar-refractivity contribution in [2.45, 2.75) is 24.8 Å². The second-order valence-corrected chi connectivity index (χ2v) is 5.58. The average molecular weight is 295 g/mol. The van der Waals surface area contributed by atoms with Crippen LogP contribution >= 0.6 is 0 Å². The highest BCUT2D eigenvalue weighted by Gasteiger charge is 2.46. The van der Waals surface area contributed by atoms with Gasteiger partial charge in [-0.1, -0.05) is 36.4 Å². The number of carbonyl (C=O) groups is 2. The number of carboxylic acids is 1. The Morgan fingerprint density at radius 3 is 2.59 bits per heavy atom. The van der Waals surface area contributed by atoms with Crippen LogP contribution in [0.15, 0.2) is 55.1 Å². The molecule has 0 radical (unpaired) electrons. The first-order chi connectivity index (χ1) is 10.6. The second kappa shape index (κ2) is 5.30. The van der Waals surface area contributed by atoms with Gasteiger partial charge in [0, 0.05) is 17.8 Å². The van der Waals surface area contributed by atoms with Gasteiger partial charge in [-0.15, -0.1) is 6.58 Å². The largest absolute Gasteiger partial charge is 0.481 e. The Balaban J connectivity index is 2.05. The van der Waals surface area contributed by atoms with E-state index in [-0.39, 0.29) is 5.78 Å². The van der Waals surface area contributed by atoms with Crippen molar-refractivity contribution in [3.63, 3.8) is 0 Å². The van der Waals surface area contributed by atoms with E-state index in [1.54, 1.807) is 30.3 Å². The lowest BCUT2D eigenvalue weighted by Crippen LogP contribution is -2.32. The fourth-order valence-electron chi connectivity index (χ4n) is 3.25. The van der Waals surface area contributed by atoms with Gasteiger partial charge in [0.1, 0.15) is 5.41 Å². The minimum Gasteiger partial charge on any atom is -0.481 e. The SMILES string of the molecule is C=CCC1(C(=O)O)CCn2c(C(=O)c3ccccc3)ccc21. The third kappa shape index (κ3) is 1.99. The second-order valence-electron chi connectivity index (χ2n) is 5.58. The number of rotatable bonds is 5. The number of aliphatic carboxylic acids is 1. The number of benzene rings is 1. The zero-order valence-corrected chi connectivity index (χ0v) is 12.2. The van der Waals surface area contributed by atoms with Crippen LogP contribution < -0.4 is 0 Å². The molecule has 1 N–H and O–H groups in total. The van der Waals surface area contributed by atoms with Gasteiger partial charge in [-0.05, 0) is 25.0 Å². The van der Waals surface area contributed by atoms with Crippen LogP contribution in [-0.2, 0) is 16.8 Å². The summed E-state index contributed by atoms with van der Waals surface area (Å²) < 4.78 is 1.84. The van der Waals surface area contributed by atoms with Gasteiger partial charge in [-0.2, -0.15) is 0 Å². The van der Waals surface area contributed by atoms with Gasteiger partial charge < -0.3 is 9.67 Å². The number of hydrogen-bond acceptors (Lipinski definition) is 2. The molecule has 1 aliphatic rings. The summed E-state index contributed by atoms with van der Waals surface area (Å²) >= 11 is 0. The summed E-state index contributed by atoms with van der Waals surface area (Å²) in [5.41, 5.74) is 0.893. The van der Waals surface area contributed by atoms with Crippen LogP contribution in [0.5, 0.6) is 0 Å². The highest BCUT2D eigenvalue weighted by molar-refractivity contribution is 6.08. The van der Waals surface area contributed by atoms with Gasteiger partial charge in [0.15, 0.2) is 0 Å². The number of nitrogens with zero attached hydrogens (tertiary/aromatic N) is 1. The lowest BCUT2D eigenvalue weighted by atomic mass is 9.80. The van der Waals surface area contributed by atoms with Crippen molar-refractivity contribution >= 4 is 11.8 Å². The number of aromatic nitrogens is 1. The Morgan fingerprint density at radius 1 is 1.23 bits per heavy atom. The van der Waals surface area contributed by atoms with Crippen molar-refractivity contribution in [1.82, 2.24) is 4.57 Å². The van der Waals surface area contributed by atoms with Crippen LogP contribution in [0.4, 0.5) is 0 Å².